The first kappa shape index (κ1) is 20.9. The van der Waals surface area contributed by atoms with Crippen LogP contribution in [0.15, 0.2) is 15.9 Å². The molecule has 2 rings (SSSR count). The van der Waals surface area contributed by atoms with Crippen LogP contribution in [0.4, 0.5) is 0 Å². The fourth-order valence-electron chi connectivity index (χ4n) is 2.66. The van der Waals surface area contributed by atoms with Gasteiger partial charge in [-0.2, -0.15) is 0 Å². The number of ether oxygens (including phenoxy) is 1. The van der Waals surface area contributed by atoms with Crippen molar-refractivity contribution in [2.45, 2.75) is 44.6 Å². The predicted octanol–water partition coefficient (Wildman–Crippen LogP) is 3.61. The SMILES string of the molecule is Cl.NCCCOC1CCN(C(=O)CCCc2ccc(Br)s2)CC1. The summed E-state index contributed by atoms with van der Waals surface area (Å²) in [5, 5.41) is 0. The van der Waals surface area contributed by atoms with Crippen molar-refractivity contribution in [3.05, 3.63) is 20.8 Å². The number of carbonyl (C=O) groups is 1. The first-order valence-corrected chi connectivity index (χ1v) is 9.63. The molecule has 0 radical (unpaired) electrons. The number of piperidine rings is 1. The normalized spacial score (nSPS) is 15.5. The van der Waals surface area contributed by atoms with Gasteiger partial charge in [-0.25, -0.2) is 0 Å². The summed E-state index contributed by atoms with van der Waals surface area (Å²) in [6.07, 6.45) is 5.69. The van der Waals surface area contributed by atoms with E-state index in [9.17, 15) is 4.79 Å². The Balaban J connectivity index is 0.00000264. The highest BCUT2D eigenvalue weighted by Crippen LogP contribution is 2.23. The van der Waals surface area contributed by atoms with Crippen LogP contribution < -0.4 is 5.73 Å². The summed E-state index contributed by atoms with van der Waals surface area (Å²) in [6.45, 7) is 3.08. The van der Waals surface area contributed by atoms with E-state index in [1.807, 2.05) is 4.90 Å². The van der Waals surface area contributed by atoms with Gasteiger partial charge in [0.15, 0.2) is 0 Å². The van der Waals surface area contributed by atoms with Crippen molar-refractivity contribution in [2.24, 2.45) is 5.73 Å². The Labute approximate surface area is 157 Å². The summed E-state index contributed by atoms with van der Waals surface area (Å²) in [5.41, 5.74) is 5.46. The lowest BCUT2D eigenvalue weighted by atomic mass is 10.1. The molecule has 0 saturated carbocycles. The van der Waals surface area contributed by atoms with Crippen LogP contribution in [0.5, 0.6) is 0 Å². The molecule has 0 spiro atoms. The van der Waals surface area contributed by atoms with Gasteiger partial charge < -0.3 is 15.4 Å². The molecule has 1 amide bonds. The van der Waals surface area contributed by atoms with Crippen LogP contribution in [0, 0.1) is 0 Å². The lowest BCUT2D eigenvalue weighted by Crippen LogP contribution is -2.41. The largest absolute Gasteiger partial charge is 0.378 e. The molecular formula is C16H26BrClN2O2S. The molecule has 0 atom stereocenters. The second-order valence-corrected chi connectivity index (χ2v) is 8.20. The Hall–Kier alpha value is -0.140. The first-order chi connectivity index (χ1) is 10.7. The third-order valence-corrected chi connectivity index (χ3v) is 5.62. The minimum absolute atomic E-state index is 0. The number of halogens is 2. The van der Waals surface area contributed by atoms with E-state index in [4.69, 9.17) is 10.5 Å². The molecule has 1 aromatic rings. The van der Waals surface area contributed by atoms with E-state index in [0.29, 0.717) is 19.1 Å². The van der Waals surface area contributed by atoms with Crippen LogP contribution >= 0.6 is 39.7 Å². The van der Waals surface area contributed by atoms with Gasteiger partial charge in [-0.15, -0.1) is 23.7 Å². The van der Waals surface area contributed by atoms with Crippen LogP contribution in [-0.4, -0.2) is 43.2 Å². The monoisotopic (exact) mass is 424 g/mol. The second-order valence-electron chi connectivity index (χ2n) is 5.65. The van der Waals surface area contributed by atoms with Crippen LogP contribution in [0.25, 0.3) is 0 Å². The number of nitrogens with two attached hydrogens (primary N) is 1. The highest BCUT2D eigenvalue weighted by molar-refractivity contribution is 9.11. The van der Waals surface area contributed by atoms with E-state index in [2.05, 4.69) is 28.1 Å². The molecule has 4 nitrogen and oxygen atoms in total. The molecule has 23 heavy (non-hydrogen) atoms. The Bertz CT molecular complexity index is 465. The number of aryl methyl sites for hydroxylation is 1. The lowest BCUT2D eigenvalue weighted by Gasteiger charge is -2.32. The Morgan fingerprint density at radius 3 is 2.70 bits per heavy atom. The third-order valence-electron chi connectivity index (χ3n) is 3.94. The van der Waals surface area contributed by atoms with Gasteiger partial charge in [0, 0.05) is 31.0 Å². The van der Waals surface area contributed by atoms with Gasteiger partial charge in [0.1, 0.15) is 0 Å². The summed E-state index contributed by atoms with van der Waals surface area (Å²) in [6, 6.07) is 4.20. The molecule has 0 aliphatic carbocycles. The molecule has 1 aliphatic rings. The number of likely N-dealkylation sites (tertiary alicyclic amines) is 1. The number of hydrogen-bond acceptors (Lipinski definition) is 4. The number of carbonyl (C=O) groups excluding carboxylic acids is 1. The molecule has 2 N–H and O–H groups in total. The minimum Gasteiger partial charge on any atom is -0.378 e. The first-order valence-electron chi connectivity index (χ1n) is 8.02. The zero-order valence-corrected chi connectivity index (χ0v) is 16.6. The smallest absolute Gasteiger partial charge is 0.222 e. The quantitative estimate of drug-likeness (QED) is 0.647. The summed E-state index contributed by atoms with van der Waals surface area (Å²) < 4.78 is 6.93. The van der Waals surface area contributed by atoms with Gasteiger partial charge in [0.05, 0.1) is 9.89 Å². The minimum atomic E-state index is 0. The zero-order chi connectivity index (χ0) is 15.8. The van der Waals surface area contributed by atoms with Crippen molar-refractivity contribution in [1.29, 1.82) is 0 Å². The van der Waals surface area contributed by atoms with Crippen molar-refractivity contribution in [1.82, 2.24) is 4.90 Å². The Kier molecular flexibility index (Phi) is 10.4. The van der Waals surface area contributed by atoms with Gasteiger partial charge in [0.2, 0.25) is 5.91 Å². The number of thiophene rings is 1. The van der Waals surface area contributed by atoms with E-state index in [0.717, 1.165) is 55.6 Å². The van der Waals surface area contributed by atoms with Gasteiger partial charge in [-0.1, -0.05) is 0 Å². The topological polar surface area (TPSA) is 55.6 Å². The van der Waals surface area contributed by atoms with Gasteiger partial charge in [0.25, 0.3) is 0 Å². The number of amides is 1. The average molecular weight is 426 g/mol. The highest BCUT2D eigenvalue weighted by atomic mass is 79.9. The molecule has 0 unspecified atom stereocenters. The van der Waals surface area contributed by atoms with E-state index in [1.165, 1.54) is 4.88 Å². The second kappa shape index (κ2) is 11.4. The average Bonchev–Trinajstić information content (AvgIpc) is 2.93. The fraction of sp³-hybridized carbons (Fsp3) is 0.688. The molecule has 1 saturated heterocycles. The van der Waals surface area contributed by atoms with Crippen molar-refractivity contribution >= 4 is 45.6 Å². The predicted molar refractivity (Wildman–Crippen MR) is 101 cm³/mol. The fourth-order valence-corrected chi connectivity index (χ4v) is 4.19. The maximum Gasteiger partial charge on any atom is 0.222 e. The molecular weight excluding hydrogens is 400 g/mol. The maximum absolute atomic E-state index is 12.2. The van der Waals surface area contributed by atoms with Crippen LogP contribution in [-0.2, 0) is 16.0 Å². The molecule has 0 aromatic carbocycles. The van der Waals surface area contributed by atoms with Crippen molar-refractivity contribution in [2.75, 3.05) is 26.2 Å². The van der Waals surface area contributed by atoms with Crippen LogP contribution in [0.1, 0.15) is 37.0 Å². The molecule has 1 aromatic heterocycles. The van der Waals surface area contributed by atoms with E-state index < -0.39 is 0 Å². The van der Waals surface area contributed by atoms with Gasteiger partial charge in [-0.3, -0.25) is 4.79 Å². The van der Waals surface area contributed by atoms with Crippen LogP contribution in [0.3, 0.4) is 0 Å². The molecule has 2 heterocycles. The lowest BCUT2D eigenvalue weighted by molar-refractivity contribution is -0.133. The molecule has 132 valence electrons. The van der Waals surface area contributed by atoms with E-state index in [-0.39, 0.29) is 18.3 Å². The zero-order valence-electron chi connectivity index (χ0n) is 13.3. The Morgan fingerprint density at radius 1 is 1.35 bits per heavy atom. The summed E-state index contributed by atoms with van der Waals surface area (Å²) in [4.78, 5) is 15.6. The van der Waals surface area contributed by atoms with Crippen LogP contribution in [0.2, 0.25) is 0 Å². The summed E-state index contributed by atoms with van der Waals surface area (Å²) in [5.74, 6) is 0.288. The van der Waals surface area contributed by atoms with Crippen molar-refractivity contribution in [3.8, 4) is 0 Å². The van der Waals surface area contributed by atoms with E-state index >= 15 is 0 Å². The molecule has 1 aliphatic heterocycles. The molecule has 7 heteroatoms. The number of hydrogen-bond donors (Lipinski definition) is 1. The highest BCUT2D eigenvalue weighted by Gasteiger charge is 2.22. The summed E-state index contributed by atoms with van der Waals surface area (Å²) in [7, 11) is 0. The van der Waals surface area contributed by atoms with Gasteiger partial charge >= 0.3 is 0 Å². The van der Waals surface area contributed by atoms with Crippen molar-refractivity contribution in [3.63, 3.8) is 0 Å². The molecule has 1 fully saturated rings. The third kappa shape index (κ3) is 7.52. The summed E-state index contributed by atoms with van der Waals surface area (Å²) >= 11 is 5.22. The maximum atomic E-state index is 12.2. The van der Waals surface area contributed by atoms with E-state index in [1.54, 1.807) is 11.3 Å². The van der Waals surface area contributed by atoms with Gasteiger partial charge in [-0.05, 0) is 66.7 Å². The Morgan fingerprint density at radius 2 is 2.09 bits per heavy atom. The standard InChI is InChI=1S/C16H25BrN2O2S.ClH/c17-15-6-5-14(22-15)3-1-4-16(20)19-10-7-13(8-11-19)21-12-2-9-18;/h5-6,13H,1-4,7-12,18H2;1H. The molecule has 0 bridgehead atoms. The van der Waals surface area contributed by atoms with Crippen molar-refractivity contribution < 1.29 is 9.53 Å². The number of rotatable bonds is 8. The number of nitrogens with zero attached hydrogens (tertiary/aromatic N) is 1.